The summed E-state index contributed by atoms with van der Waals surface area (Å²) >= 11 is 15.8. The highest BCUT2D eigenvalue weighted by atomic mass is 35.5. The fraction of sp³-hybridized carbons (Fsp3) is 0.111. The van der Waals surface area contributed by atoms with Gasteiger partial charge in [0.2, 0.25) is 10.6 Å². The van der Waals surface area contributed by atoms with Gasteiger partial charge in [-0.25, -0.2) is 28.7 Å². The Morgan fingerprint density at radius 1 is 0.889 bits per heavy atom. The van der Waals surface area contributed by atoms with E-state index in [4.69, 9.17) is 34.8 Å². The van der Waals surface area contributed by atoms with Gasteiger partial charge in [-0.3, -0.25) is 0 Å². The number of halogens is 5. The lowest BCUT2D eigenvalue weighted by Gasteiger charge is -1.91. The molecule has 0 aliphatic heterocycles. The van der Waals surface area contributed by atoms with Crippen molar-refractivity contribution in [3.05, 3.63) is 45.4 Å². The van der Waals surface area contributed by atoms with Gasteiger partial charge in [-0.2, -0.15) is 0 Å². The number of hydrogen-bond donors (Lipinski definition) is 0. The van der Waals surface area contributed by atoms with Crippen LogP contribution in [0.4, 0.5) is 8.78 Å². The third kappa shape index (κ3) is 4.64. The second-order valence-corrected chi connectivity index (χ2v) is 3.88. The van der Waals surface area contributed by atoms with E-state index >= 15 is 0 Å². The minimum Gasteiger partial charge on any atom is -0.223 e. The molecule has 0 saturated heterocycles. The first-order valence-corrected chi connectivity index (χ1v) is 5.51. The van der Waals surface area contributed by atoms with Crippen LogP contribution in [0.25, 0.3) is 0 Å². The van der Waals surface area contributed by atoms with E-state index in [9.17, 15) is 8.78 Å². The van der Waals surface area contributed by atoms with Gasteiger partial charge < -0.3 is 0 Å². The molecule has 2 aromatic heterocycles. The van der Waals surface area contributed by atoms with Crippen LogP contribution in [0, 0.1) is 18.6 Å². The highest BCUT2D eigenvalue weighted by Gasteiger charge is 2.00. The number of rotatable bonds is 0. The quantitative estimate of drug-likeness (QED) is 0.552. The Bertz CT molecular complexity index is 504. The molecule has 4 nitrogen and oxygen atoms in total. The molecule has 0 atom stereocenters. The highest BCUT2D eigenvalue weighted by Crippen LogP contribution is 2.10. The third-order valence-electron chi connectivity index (χ3n) is 1.56. The van der Waals surface area contributed by atoms with E-state index in [0.29, 0.717) is 0 Å². The first kappa shape index (κ1) is 14.9. The number of nitrogens with zero attached hydrogens (tertiary/aromatic N) is 4. The molecule has 0 spiro atoms. The van der Waals surface area contributed by atoms with E-state index in [1.165, 1.54) is 6.92 Å². The monoisotopic (exact) mass is 312 g/mol. The van der Waals surface area contributed by atoms with Crippen LogP contribution in [0.5, 0.6) is 0 Å². The second-order valence-electron chi connectivity index (χ2n) is 2.85. The molecule has 0 unspecified atom stereocenters. The van der Waals surface area contributed by atoms with E-state index in [1.807, 2.05) is 0 Å². The van der Waals surface area contributed by atoms with Gasteiger partial charge in [0.05, 0.1) is 18.1 Å². The molecule has 0 fully saturated rings. The van der Waals surface area contributed by atoms with Crippen molar-refractivity contribution in [2.75, 3.05) is 0 Å². The zero-order valence-electron chi connectivity index (χ0n) is 8.83. The predicted octanol–water partition coefficient (Wildman–Crippen LogP) is 3.50. The first-order chi connectivity index (χ1) is 8.40. The minimum absolute atomic E-state index is 0.0543. The van der Waals surface area contributed by atoms with E-state index in [0.717, 1.165) is 12.4 Å². The van der Waals surface area contributed by atoms with E-state index in [2.05, 4.69) is 19.9 Å². The van der Waals surface area contributed by atoms with Crippen LogP contribution in [0.1, 0.15) is 5.69 Å². The molecule has 2 aromatic rings. The summed E-state index contributed by atoms with van der Waals surface area (Å²) in [5.74, 6) is -1.10. The predicted molar refractivity (Wildman–Crippen MR) is 63.7 cm³/mol. The zero-order chi connectivity index (χ0) is 13.7. The standard InChI is InChI=1S/C5H4ClFN2.C4HCl2FN2/c1-3-4(7)2-8-5(6)9-3;5-3-2(7)1-8-4(6)9-3/h2H,1H3;1H. The van der Waals surface area contributed by atoms with Crippen molar-refractivity contribution >= 4 is 34.8 Å². The molecule has 0 amide bonds. The molecule has 0 radical (unpaired) electrons. The molecular weight excluding hydrogens is 308 g/mol. The van der Waals surface area contributed by atoms with Crippen molar-refractivity contribution in [2.24, 2.45) is 0 Å². The molecule has 0 bridgehead atoms. The largest absolute Gasteiger partial charge is 0.223 e. The normalized spacial score (nSPS) is 9.67. The van der Waals surface area contributed by atoms with Crippen LogP contribution in [0.2, 0.25) is 15.7 Å². The van der Waals surface area contributed by atoms with Crippen LogP contribution >= 0.6 is 34.8 Å². The van der Waals surface area contributed by atoms with Crippen molar-refractivity contribution in [3.63, 3.8) is 0 Å². The van der Waals surface area contributed by atoms with Crippen LogP contribution in [-0.4, -0.2) is 19.9 Å². The Morgan fingerprint density at radius 3 is 1.78 bits per heavy atom. The SMILES string of the molecule is Cc1nc(Cl)ncc1F.Fc1cnc(Cl)nc1Cl. The van der Waals surface area contributed by atoms with Crippen LogP contribution in [0.15, 0.2) is 12.4 Å². The minimum atomic E-state index is -0.666. The lowest BCUT2D eigenvalue weighted by atomic mass is 10.4. The van der Waals surface area contributed by atoms with Crippen molar-refractivity contribution < 1.29 is 8.78 Å². The smallest absolute Gasteiger partial charge is 0.223 e. The number of hydrogen-bond acceptors (Lipinski definition) is 4. The zero-order valence-corrected chi connectivity index (χ0v) is 11.1. The lowest BCUT2D eigenvalue weighted by Crippen LogP contribution is -1.89. The van der Waals surface area contributed by atoms with Gasteiger partial charge in [0.1, 0.15) is 0 Å². The van der Waals surface area contributed by atoms with Gasteiger partial charge in [-0.05, 0) is 30.1 Å². The Balaban J connectivity index is 0.000000180. The van der Waals surface area contributed by atoms with E-state index in [-0.39, 0.29) is 21.4 Å². The van der Waals surface area contributed by atoms with Crippen molar-refractivity contribution in [1.29, 1.82) is 0 Å². The topological polar surface area (TPSA) is 51.6 Å². The molecule has 2 heterocycles. The molecule has 9 heteroatoms. The van der Waals surface area contributed by atoms with Gasteiger partial charge in [0.15, 0.2) is 16.8 Å². The summed E-state index contributed by atoms with van der Waals surface area (Å²) in [5, 5.41) is -0.231. The fourth-order valence-corrected chi connectivity index (χ4v) is 1.23. The Hall–Kier alpha value is -1.11. The maximum atomic E-state index is 12.3. The van der Waals surface area contributed by atoms with E-state index in [1.54, 1.807) is 0 Å². The van der Waals surface area contributed by atoms with E-state index < -0.39 is 11.6 Å². The average Bonchev–Trinajstić information content (AvgIpc) is 2.30. The maximum absolute atomic E-state index is 12.3. The second kappa shape index (κ2) is 6.72. The molecule has 18 heavy (non-hydrogen) atoms. The molecule has 0 saturated carbocycles. The van der Waals surface area contributed by atoms with Gasteiger partial charge >= 0.3 is 0 Å². The summed E-state index contributed by atoms with van der Waals surface area (Å²) in [4.78, 5) is 13.6. The van der Waals surface area contributed by atoms with Gasteiger partial charge in [-0.1, -0.05) is 11.6 Å². The average molecular weight is 314 g/mol. The lowest BCUT2D eigenvalue weighted by molar-refractivity contribution is 0.601. The number of aryl methyl sites for hydroxylation is 1. The Morgan fingerprint density at radius 2 is 1.39 bits per heavy atom. The van der Waals surface area contributed by atoms with Crippen molar-refractivity contribution in [2.45, 2.75) is 6.92 Å². The first-order valence-electron chi connectivity index (χ1n) is 4.38. The molecule has 0 aliphatic rings. The summed E-state index contributed by atoms with van der Waals surface area (Å²) in [6, 6.07) is 0. The summed E-state index contributed by atoms with van der Waals surface area (Å²) in [6.45, 7) is 1.53. The van der Waals surface area contributed by atoms with Crippen LogP contribution in [-0.2, 0) is 0 Å². The van der Waals surface area contributed by atoms with Gasteiger partial charge in [0, 0.05) is 0 Å². The molecular formula is C9H5Cl3F2N4. The molecule has 0 aromatic carbocycles. The molecule has 0 aliphatic carbocycles. The van der Waals surface area contributed by atoms with Crippen LogP contribution < -0.4 is 0 Å². The number of aromatic nitrogens is 4. The highest BCUT2D eigenvalue weighted by molar-refractivity contribution is 6.31. The van der Waals surface area contributed by atoms with Gasteiger partial charge in [0.25, 0.3) is 0 Å². The molecule has 0 N–H and O–H groups in total. The van der Waals surface area contributed by atoms with Crippen molar-refractivity contribution in [3.8, 4) is 0 Å². The summed E-state index contributed by atoms with van der Waals surface area (Å²) in [5.41, 5.74) is 0.273. The van der Waals surface area contributed by atoms with Crippen LogP contribution in [0.3, 0.4) is 0 Å². The molecule has 2 rings (SSSR count). The summed E-state index contributed by atoms with van der Waals surface area (Å²) in [6.07, 6.45) is 1.96. The third-order valence-corrected chi connectivity index (χ3v) is 2.19. The summed E-state index contributed by atoms with van der Waals surface area (Å²) in [7, 11) is 0. The Kier molecular flexibility index (Phi) is 5.58. The molecule has 96 valence electrons. The van der Waals surface area contributed by atoms with Gasteiger partial charge in [-0.15, -0.1) is 0 Å². The maximum Gasteiger partial charge on any atom is 0.223 e. The summed E-state index contributed by atoms with van der Waals surface area (Å²) < 4.78 is 24.5. The Labute approximate surface area is 116 Å². The fourth-order valence-electron chi connectivity index (χ4n) is 0.750. The van der Waals surface area contributed by atoms with Crippen molar-refractivity contribution in [1.82, 2.24) is 19.9 Å².